The molecule has 1 atom stereocenters. The minimum Gasteiger partial charge on any atom is -0.478 e. The summed E-state index contributed by atoms with van der Waals surface area (Å²) in [7, 11) is 0. The Balaban J connectivity index is 2.08. The number of rotatable bonds is 4. The van der Waals surface area contributed by atoms with Crippen molar-refractivity contribution in [3.8, 4) is 0 Å². The van der Waals surface area contributed by atoms with Crippen molar-refractivity contribution in [2.24, 2.45) is 5.10 Å². The van der Waals surface area contributed by atoms with Gasteiger partial charge in [-0.2, -0.15) is 5.10 Å². The molecule has 0 fully saturated rings. The first kappa shape index (κ1) is 15.7. The van der Waals surface area contributed by atoms with Gasteiger partial charge in [-0.25, -0.2) is 9.59 Å². The van der Waals surface area contributed by atoms with Gasteiger partial charge in [0.15, 0.2) is 0 Å². The van der Waals surface area contributed by atoms with Crippen LogP contribution in [0.3, 0.4) is 0 Å². The van der Waals surface area contributed by atoms with Crippen LogP contribution in [0.2, 0.25) is 0 Å². The summed E-state index contributed by atoms with van der Waals surface area (Å²) in [6.45, 7) is 1.90. The number of carbonyl (C=O) groups is 2. The van der Waals surface area contributed by atoms with E-state index >= 15 is 0 Å². The average molecular weight is 324 g/mol. The predicted octanol–water partition coefficient (Wildman–Crippen LogP) is 3.41. The molecule has 2 N–H and O–H groups in total. The molecule has 1 aliphatic rings. The minimum absolute atomic E-state index is 0.0727. The summed E-state index contributed by atoms with van der Waals surface area (Å²) in [5, 5.41) is 24.7. The fourth-order valence-electron chi connectivity index (χ4n) is 2.82. The van der Waals surface area contributed by atoms with E-state index in [-0.39, 0.29) is 17.2 Å². The van der Waals surface area contributed by atoms with Crippen molar-refractivity contribution in [2.45, 2.75) is 19.4 Å². The SMILES string of the molecule is CC1=NN(c2cc(C(=O)O)cc(C(=O)O)c2)[C@@H](c2ccccc2)C1. The molecule has 2 aromatic rings. The number of hydrogen-bond donors (Lipinski definition) is 2. The number of aromatic carboxylic acids is 2. The molecular formula is C18H16N2O4. The topological polar surface area (TPSA) is 90.2 Å². The van der Waals surface area contributed by atoms with E-state index in [1.807, 2.05) is 37.3 Å². The van der Waals surface area contributed by atoms with Crippen LogP contribution in [0, 0.1) is 0 Å². The monoisotopic (exact) mass is 324 g/mol. The first-order valence-corrected chi connectivity index (χ1v) is 7.45. The Morgan fingerprint density at radius 1 is 1.04 bits per heavy atom. The lowest BCUT2D eigenvalue weighted by molar-refractivity contribution is 0.0696. The van der Waals surface area contributed by atoms with Crippen LogP contribution < -0.4 is 5.01 Å². The van der Waals surface area contributed by atoms with Crippen molar-refractivity contribution in [1.29, 1.82) is 0 Å². The fraction of sp³-hybridized carbons (Fsp3) is 0.167. The quantitative estimate of drug-likeness (QED) is 0.899. The molecule has 6 nitrogen and oxygen atoms in total. The molecule has 0 aromatic heterocycles. The molecule has 0 amide bonds. The van der Waals surface area contributed by atoms with E-state index in [1.54, 1.807) is 5.01 Å². The Kier molecular flexibility index (Phi) is 4.04. The molecule has 0 saturated heterocycles. The maximum absolute atomic E-state index is 11.3. The Morgan fingerprint density at radius 3 is 2.17 bits per heavy atom. The summed E-state index contributed by atoms with van der Waals surface area (Å²) in [4.78, 5) is 22.6. The zero-order valence-corrected chi connectivity index (χ0v) is 13.0. The van der Waals surface area contributed by atoms with Crippen LogP contribution in [0.4, 0.5) is 5.69 Å². The van der Waals surface area contributed by atoms with Crippen molar-refractivity contribution < 1.29 is 19.8 Å². The standard InChI is InChI=1S/C18H16N2O4/c1-11-7-16(12-5-3-2-4-6-12)20(19-11)15-9-13(17(21)22)8-14(10-15)18(23)24/h2-6,8-10,16H,7H2,1H3,(H,21,22)(H,23,24)/t16-/m1/s1. The van der Waals surface area contributed by atoms with E-state index in [1.165, 1.54) is 12.1 Å². The third-order valence-corrected chi connectivity index (χ3v) is 3.92. The molecule has 24 heavy (non-hydrogen) atoms. The summed E-state index contributed by atoms with van der Waals surface area (Å²) in [6, 6.07) is 13.7. The Labute approximate surface area is 138 Å². The number of anilines is 1. The summed E-state index contributed by atoms with van der Waals surface area (Å²) in [5.74, 6) is -2.34. The third kappa shape index (κ3) is 2.99. The van der Waals surface area contributed by atoms with Gasteiger partial charge in [0.25, 0.3) is 0 Å². The van der Waals surface area contributed by atoms with Gasteiger partial charge in [-0.3, -0.25) is 5.01 Å². The van der Waals surface area contributed by atoms with Gasteiger partial charge in [-0.15, -0.1) is 0 Å². The third-order valence-electron chi connectivity index (χ3n) is 3.92. The molecule has 0 aliphatic carbocycles. The second-order valence-corrected chi connectivity index (χ2v) is 5.69. The largest absolute Gasteiger partial charge is 0.478 e. The second kappa shape index (κ2) is 6.16. The highest BCUT2D eigenvalue weighted by Gasteiger charge is 2.28. The molecule has 0 radical (unpaired) electrons. The van der Waals surface area contributed by atoms with Crippen molar-refractivity contribution in [1.82, 2.24) is 0 Å². The van der Waals surface area contributed by atoms with E-state index in [0.717, 1.165) is 17.3 Å². The molecule has 0 spiro atoms. The molecule has 122 valence electrons. The Hall–Kier alpha value is -3.15. The van der Waals surface area contributed by atoms with Gasteiger partial charge < -0.3 is 10.2 Å². The smallest absolute Gasteiger partial charge is 0.335 e. The highest BCUT2D eigenvalue weighted by atomic mass is 16.4. The van der Waals surface area contributed by atoms with Gasteiger partial charge in [-0.05, 0) is 30.7 Å². The van der Waals surface area contributed by atoms with Gasteiger partial charge >= 0.3 is 11.9 Å². The van der Waals surface area contributed by atoms with Crippen LogP contribution in [0.15, 0.2) is 53.6 Å². The summed E-state index contributed by atoms with van der Waals surface area (Å²) in [5.41, 5.74) is 2.25. The lowest BCUT2D eigenvalue weighted by atomic mass is 10.0. The molecule has 0 bridgehead atoms. The van der Waals surface area contributed by atoms with E-state index < -0.39 is 11.9 Å². The molecular weight excluding hydrogens is 308 g/mol. The summed E-state index contributed by atoms with van der Waals surface area (Å²) in [6.07, 6.45) is 0.698. The van der Waals surface area contributed by atoms with Crippen LogP contribution in [-0.4, -0.2) is 27.9 Å². The average Bonchev–Trinajstić information content (AvgIpc) is 2.97. The van der Waals surface area contributed by atoms with Crippen LogP contribution >= 0.6 is 0 Å². The summed E-state index contributed by atoms with van der Waals surface area (Å²) >= 11 is 0. The number of benzene rings is 2. The number of nitrogens with zero attached hydrogens (tertiary/aromatic N) is 2. The molecule has 1 heterocycles. The lowest BCUT2D eigenvalue weighted by Gasteiger charge is -2.24. The first-order chi connectivity index (χ1) is 11.5. The zero-order valence-electron chi connectivity index (χ0n) is 13.0. The molecule has 3 rings (SSSR count). The number of hydrogen-bond acceptors (Lipinski definition) is 4. The van der Waals surface area contributed by atoms with Gasteiger partial charge in [-0.1, -0.05) is 30.3 Å². The van der Waals surface area contributed by atoms with Crippen molar-refractivity contribution in [3.63, 3.8) is 0 Å². The van der Waals surface area contributed by atoms with Crippen LogP contribution in [-0.2, 0) is 0 Å². The summed E-state index contributed by atoms with van der Waals surface area (Å²) < 4.78 is 0. The van der Waals surface area contributed by atoms with Crippen molar-refractivity contribution >= 4 is 23.3 Å². The molecule has 2 aromatic carbocycles. The Morgan fingerprint density at radius 2 is 1.62 bits per heavy atom. The molecule has 0 unspecified atom stereocenters. The fourth-order valence-corrected chi connectivity index (χ4v) is 2.82. The van der Waals surface area contributed by atoms with E-state index in [9.17, 15) is 19.8 Å². The second-order valence-electron chi connectivity index (χ2n) is 5.69. The van der Waals surface area contributed by atoms with E-state index in [0.29, 0.717) is 12.1 Å². The van der Waals surface area contributed by atoms with Gasteiger partial charge in [0.2, 0.25) is 0 Å². The van der Waals surface area contributed by atoms with Gasteiger partial charge in [0, 0.05) is 12.1 Å². The van der Waals surface area contributed by atoms with Crippen LogP contribution in [0.1, 0.15) is 45.7 Å². The minimum atomic E-state index is -1.17. The lowest BCUT2D eigenvalue weighted by Crippen LogP contribution is -2.19. The van der Waals surface area contributed by atoms with Crippen LogP contribution in [0.5, 0.6) is 0 Å². The maximum Gasteiger partial charge on any atom is 0.335 e. The first-order valence-electron chi connectivity index (χ1n) is 7.45. The molecule has 6 heteroatoms. The van der Waals surface area contributed by atoms with Crippen LogP contribution in [0.25, 0.3) is 0 Å². The van der Waals surface area contributed by atoms with E-state index in [2.05, 4.69) is 5.10 Å². The maximum atomic E-state index is 11.3. The highest BCUT2D eigenvalue weighted by Crippen LogP contribution is 2.36. The predicted molar refractivity (Wildman–Crippen MR) is 89.7 cm³/mol. The molecule has 0 saturated carbocycles. The zero-order chi connectivity index (χ0) is 17.3. The highest BCUT2D eigenvalue weighted by molar-refractivity contribution is 5.96. The van der Waals surface area contributed by atoms with Crippen molar-refractivity contribution in [3.05, 3.63) is 65.2 Å². The Bertz CT molecular complexity index is 798. The normalized spacial score (nSPS) is 16.8. The van der Waals surface area contributed by atoms with E-state index in [4.69, 9.17) is 0 Å². The number of carboxylic acid groups (broad SMARTS) is 2. The molecule has 1 aliphatic heterocycles. The van der Waals surface area contributed by atoms with Gasteiger partial charge in [0.05, 0.1) is 22.9 Å². The van der Waals surface area contributed by atoms with Crippen molar-refractivity contribution in [2.75, 3.05) is 5.01 Å². The number of hydrazone groups is 1. The number of carboxylic acids is 2. The van der Waals surface area contributed by atoms with Gasteiger partial charge in [0.1, 0.15) is 0 Å².